The average molecular weight is 553 g/mol. The Morgan fingerprint density at radius 1 is 1.07 bits per heavy atom. The first-order chi connectivity index (χ1) is 19.9. The summed E-state index contributed by atoms with van der Waals surface area (Å²) >= 11 is 0. The summed E-state index contributed by atoms with van der Waals surface area (Å²) in [6.45, 7) is 2.05. The first-order valence-corrected chi connectivity index (χ1v) is 13.6. The summed E-state index contributed by atoms with van der Waals surface area (Å²) in [5, 5.41) is 3.62. The minimum absolute atomic E-state index is 0.146. The summed E-state index contributed by atoms with van der Waals surface area (Å²) in [6, 6.07) is 14.7. The Morgan fingerprint density at radius 3 is 2.51 bits per heavy atom. The quantitative estimate of drug-likeness (QED) is 0.266. The van der Waals surface area contributed by atoms with Gasteiger partial charge in [-0.25, -0.2) is 14.4 Å². The number of ether oxygens (including phenoxy) is 1. The second-order valence-electron chi connectivity index (χ2n) is 10.0. The number of hydrogen-bond acceptors (Lipinski definition) is 6. The van der Waals surface area contributed by atoms with Crippen LogP contribution in [0, 0.1) is 5.82 Å². The molecule has 3 aromatic heterocycles. The van der Waals surface area contributed by atoms with E-state index in [0.29, 0.717) is 23.2 Å². The summed E-state index contributed by atoms with van der Waals surface area (Å²) in [4.78, 5) is 35.5. The summed E-state index contributed by atoms with van der Waals surface area (Å²) in [5.74, 6) is -0.449. The molecule has 0 unspecified atom stereocenters. The number of rotatable bonds is 7. The maximum atomic E-state index is 13.4. The summed E-state index contributed by atoms with van der Waals surface area (Å²) < 4.78 is 22.5. The lowest BCUT2D eigenvalue weighted by Crippen LogP contribution is -2.29. The number of pyridine rings is 1. The summed E-state index contributed by atoms with van der Waals surface area (Å²) in [5.41, 5.74) is 9.15. The zero-order valence-electron chi connectivity index (χ0n) is 22.5. The van der Waals surface area contributed by atoms with Gasteiger partial charge in [-0.05, 0) is 67.8 Å². The molecule has 9 nitrogen and oxygen atoms in total. The normalized spacial score (nSPS) is 13.5. The van der Waals surface area contributed by atoms with Crippen LogP contribution in [-0.2, 0) is 0 Å². The fourth-order valence-corrected chi connectivity index (χ4v) is 5.52. The number of fused-ring (bicyclic) bond motifs is 1. The number of anilines is 2. The van der Waals surface area contributed by atoms with E-state index in [9.17, 15) is 14.0 Å². The Labute approximate surface area is 235 Å². The van der Waals surface area contributed by atoms with Crippen LogP contribution in [0.15, 0.2) is 78.1 Å². The molecule has 1 fully saturated rings. The van der Waals surface area contributed by atoms with Gasteiger partial charge in [0.05, 0.1) is 12.0 Å². The van der Waals surface area contributed by atoms with Crippen LogP contribution < -0.4 is 21.3 Å². The lowest BCUT2D eigenvalue weighted by Gasteiger charge is -2.14. The predicted molar refractivity (Wildman–Crippen MR) is 156 cm³/mol. The third kappa shape index (κ3) is 4.93. The van der Waals surface area contributed by atoms with Crippen molar-refractivity contribution in [2.45, 2.75) is 38.6 Å². The lowest BCUT2D eigenvalue weighted by molar-refractivity contribution is 0.102. The molecule has 0 saturated heterocycles. The van der Waals surface area contributed by atoms with Crippen LogP contribution in [0.5, 0.6) is 5.75 Å². The molecular formula is C31H29FN6O3. The highest BCUT2D eigenvalue weighted by Gasteiger charge is 2.24. The van der Waals surface area contributed by atoms with Gasteiger partial charge >= 0.3 is 0 Å². The number of benzene rings is 2. The van der Waals surface area contributed by atoms with Gasteiger partial charge in [0.25, 0.3) is 11.5 Å². The smallest absolute Gasteiger partial charge is 0.271 e. The van der Waals surface area contributed by atoms with Gasteiger partial charge in [-0.3, -0.25) is 14.2 Å². The van der Waals surface area contributed by atoms with Gasteiger partial charge in [-0.15, -0.1) is 0 Å². The van der Waals surface area contributed by atoms with Gasteiger partial charge < -0.3 is 20.4 Å². The van der Waals surface area contributed by atoms with Crippen LogP contribution in [0.4, 0.5) is 15.9 Å². The topological polar surface area (TPSA) is 117 Å². The highest BCUT2D eigenvalue weighted by atomic mass is 19.1. The molecule has 0 atom stereocenters. The van der Waals surface area contributed by atoms with Crippen molar-refractivity contribution in [2.24, 2.45) is 0 Å². The van der Waals surface area contributed by atoms with Crippen molar-refractivity contribution >= 4 is 28.4 Å². The maximum absolute atomic E-state index is 13.4. The van der Waals surface area contributed by atoms with E-state index in [0.717, 1.165) is 35.0 Å². The Hall–Kier alpha value is -4.99. The van der Waals surface area contributed by atoms with Crippen LogP contribution in [0.1, 0.15) is 49.0 Å². The number of amides is 1. The Kier molecular flexibility index (Phi) is 6.96. The minimum atomic E-state index is -0.613. The number of hydrogen-bond donors (Lipinski definition) is 2. The van der Waals surface area contributed by atoms with Crippen molar-refractivity contribution in [3.8, 4) is 22.6 Å². The molecule has 1 saturated carbocycles. The first-order valence-electron chi connectivity index (χ1n) is 13.6. The molecule has 0 bridgehead atoms. The second-order valence-corrected chi connectivity index (χ2v) is 10.0. The molecule has 1 aliphatic rings. The number of nitrogens with two attached hydrogens (primary N) is 1. The third-order valence-corrected chi connectivity index (χ3v) is 7.50. The standard InChI is InChI=1S/C31H29FN6O3/c1-2-41-25-15-16-37(23-13-9-20(32)10-14-23)31(40)27(25)30(39)36-21-11-7-19(8-12-21)24-17-38(22-5-3-4-6-22)29-26(24)28(33)34-18-35-29/h7-18,22H,2-6H2,1H3,(H,36,39)(H2,33,34,35). The lowest BCUT2D eigenvalue weighted by atomic mass is 10.1. The summed E-state index contributed by atoms with van der Waals surface area (Å²) in [6.07, 6.45) is 9.68. The van der Waals surface area contributed by atoms with E-state index < -0.39 is 17.3 Å². The summed E-state index contributed by atoms with van der Waals surface area (Å²) in [7, 11) is 0. The Bertz CT molecular complexity index is 1790. The third-order valence-electron chi connectivity index (χ3n) is 7.50. The number of nitrogen functional groups attached to an aromatic ring is 1. The Balaban J connectivity index is 1.32. The van der Waals surface area contributed by atoms with E-state index >= 15 is 0 Å². The van der Waals surface area contributed by atoms with Crippen molar-refractivity contribution in [1.29, 1.82) is 0 Å². The van der Waals surface area contributed by atoms with Crippen molar-refractivity contribution < 1.29 is 13.9 Å². The number of nitrogens with one attached hydrogen (secondary N) is 1. The van der Waals surface area contributed by atoms with E-state index in [2.05, 4.69) is 26.0 Å². The average Bonchev–Trinajstić information content (AvgIpc) is 3.64. The number of aromatic nitrogens is 4. The molecule has 3 N–H and O–H groups in total. The molecule has 41 heavy (non-hydrogen) atoms. The monoisotopic (exact) mass is 552 g/mol. The van der Waals surface area contributed by atoms with Crippen LogP contribution in [0.3, 0.4) is 0 Å². The van der Waals surface area contributed by atoms with Crippen LogP contribution in [-0.4, -0.2) is 31.6 Å². The van der Waals surface area contributed by atoms with Gasteiger partial charge in [-0.1, -0.05) is 25.0 Å². The fraction of sp³-hybridized carbons (Fsp3) is 0.226. The van der Waals surface area contributed by atoms with Gasteiger partial charge in [0.1, 0.15) is 34.9 Å². The van der Waals surface area contributed by atoms with E-state index in [-0.39, 0.29) is 17.9 Å². The van der Waals surface area contributed by atoms with Gasteiger partial charge in [-0.2, -0.15) is 0 Å². The largest absolute Gasteiger partial charge is 0.493 e. The molecule has 208 valence electrons. The molecule has 10 heteroatoms. The molecular weight excluding hydrogens is 523 g/mol. The Morgan fingerprint density at radius 2 is 1.80 bits per heavy atom. The van der Waals surface area contributed by atoms with Gasteiger partial charge in [0, 0.05) is 35.4 Å². The minimum Gasteiger partial charge on any atom is -0.493 e. The highest BCUT2D eigenvalue weighted by Crippen LogP contribution is 2.38. The van der Waals surface area contributed by atoms with E-state index in [1.54, 1.807) is 25.1 Å². The molecule has 3 heterocycles. The first kappa shape index (κ1) is 26.2. The van der Waals surface area contributed by atoms with Gasteiger partial charge in [0.15, 0.2) is 0 Å². The zero-order chi connectivity index (χ0) is 28.5. The second kappa shape index (κ2) is 10.9. The SMILES string of the molecule is CCOc1ccn(-c2ccc(F)cc2)c(=O)c1C(=O)Nc1ccc(-c2cn(C3CCCC3)c3ncnc(N)c23)cc1. The number of nitrogens with zero attached hydrogens (tertiary/aromatic N) is 4. The number of halogens is 1. The molecule has 0 radical (unpaired) electrons. The number of carbonyl (C=O) groups excluding carboxylic acids is 1. The molecule has 0 spiro atoms. The molecule has 5 aromatic rings. The van der Waals surface area contributed by atoms with Crippen LogP contribution >= 0.6 is 0 Å². The van der Waals surface area contributed by atoms with Crippen molar-refractivity contribution in [2.75, 3.05) is 17.7 Å². The predicted octanol–water partition coefficient (Wildman–Crippen LogP) is 5.74. The van der Waals surface area contributed by atoms with E-state index in [4.69, 9.17) is 10.5 Å². The number of carbonyl (C=O) groups is 1. The fourth-order valence-electron chi connectivity index (χ4n) is 5.52. The maximum Gasteiger partial charge on any atom is 0.271 e. The van der Waals surface area contributed by atoms with Crippen molar-refractivity contribution in [3.05, 3.63) is 95.1 Å². The van der Waals surface area contributed by atoms with Crippen LogP contribution in [0.2, 0.25) is 0 Å². The van der Waals surface area contributed by atoms with Gasteiger partial charge in [0.2, 0.25) is 0 Å². The molecule has 6 rings (SSSR count). The molecule has 1 aliphatic carbocycles. The van der Waals surface area contributed by atoms with Crippen LogP contribution in [0.25, 0.3) is 27.8 Å². The van der Waals surface area contributed by atoms with Crippen molar-refractivity contribution in [3.63, 3.8) is 0 Å². The van der Waals surface area contributed by atoms with E-state index in [1.807, 2.05) is 12.1 Å². The van der Waals surface area contributed by atoms with Crippen molar-refractivity contribution in [1.82, 2.24) is 19.1 Å². The van der Waals surface area contributed by atoms with E-state index in [1.165, 1.54) is 54.2 Å². The molecule has 1 amide bonds. The zero-order valence-corrected chi connectivity index (χ0v) is 22.5. The molecule has 2 aromatic carbocycles. The highest BCUT2D eigenvalue weighted by molar-refractivity contribution is 6.06. The molecule has 0 aliphatic heterocycles.